The van der Waals surface area contributed by atoms with Gasteiger partial charge in [-0.1, -0.05) is 0 Å². The van der Waals surface area contributed by atoms with E-state index >= 15 is 0 Å². The number of halogens is 1. The molecule has 2 saturated heterocycles. The minimum atomic E-state index is -0.324. The average Bonchev–Trinajstić information content (AvgIpc) is 2.80. The van der Waals surface area contributed by atoms with Crippen LogP contribution in [0.3, 0.4) is 0 Å². The van der Waals surface area contributed by atoms with E-state index in [0.29, 0.717) is 30.8 Å². The normalized spacial score (nSPS) is 22.3. The molecule has 2 aliphatic heterocycles. The van der Waals surface area contributed by atoms with Crippen molar-refractivity contribution >= 4 is 6.03 Å². The van der Waals surface area contributed by atoms with Gasteiger partial charge >= 0.3 is 6.03 Å². The molecular weight excluding hydrogens is 259 g/mol. The van der Waals surface area contributed by atoms with E-state index in [4.69, 9.17) is 5.26 Å². The molecule has 0 spiro atoms. The summed E-state index contributed by atoms with van der Waals surface area (Å²) in [5.74, 6) is -0.324. The predicted octanol–water partition coefficient (Wildman–Crippen LogP) is 0.907. The maximum absolute atomic E-state index is 13.3. The van der Waals surface area contributed by atoms with Crippen molar-refractivity contribution in [3.63, 3.8) is 0 Å². The van der Waals surface area contributed by atoms with E-state index in [0.717, 1.165) is 13.1 Å². The summed E-state index contributed by atoms with van der Waals surface area (Å²) in [5.41, 5.74) is 1.22. The van der Waals surface area contributed by atoms with Crippen LogP contribution in [0.25, 0.3) is 0 Å². The Morgan fingerprint density at radius 3 is 3.10 bits per heavy atom. The highest BCUT2D eigenvalue weighted by Crippen LogP contribution is 2.18. The lowest BCUT2D eigenvalue weighted by Crippen LogP contribution is -2.51. The summed E-state index contributed by atoms with van der Waals surface area (Å²) in [6.07, 6.45) is 0. The summed E-state index contributed by atoms with van der Waals surface area (Å²) in [5, 5.41) is 11.9. The van der Waals surface area contributed by atoms with Crippen LogP contribution in [-0.2, 0) is 6.54 Å². The monoisotopic (exact) mass is 274 g/mol. The molecule has 0 saturated carbocycles. The molecule has 20 heavy (non-hydrogen) atoms. The highest BCUT2D eigenvalue weighted by Gasteiger charge is 2.35. The topological polar surface area (TPSA) is 59.4 Å². The van der Waals surface area contributed by atoms with E-state index < -0.39 is 0 Å². The number of urea groups is 1. The molecule has 2 heterocycles. The SMILES string of the molecule is N#Cc1ccc(F)cc1CN1CCN2C(=O)NCC2C1. The third kappa shape index (κ3) is 2.32. The van der Waals surface area contributed by atoms with Crippen molar-refractivity contribution in [3.8, 4) is 6.07 Å². The zero-order chi connectivity index (χ0) is 14.1. The maximum Gasteiger partial charge on any atom is 0.317 e. The molecule has 1 N–H and O–H groups in total. The minimum absolute atomic E-state index is 0.00174. The van der Waals surface area contributed by atoms with Crippen LogP contribution < -0.4 is 5.32 Å². The Hall–Kier alpha value is -2.13. The number of nitrogens with one attached hydrogen (secondary N) is 1. The third-order valence-corrected chi connectivity index (χ3v) is 3.90. The third-order valence-electron chi connectivity index (χ3n) is 3.90. The molecule has 1 atom stereocenters. The molecule has 0 radical (unpaired) electrons. The maximum atomic E-state index is 13.3. The molecule has 0 aromatic heterocycles. The summed E-state index contributed by atoms with van der Waals surface area (Å²) in [6.45, 7) is 3.36. The molecule has 2 fully saturated rings. The lowest BCUT2D eigenvalue weighted by Gasteiger charge is -2.36. The number of hydrogen-bond acceptors (Lipinski definition) is 3. The Bertz CT molecular complexity index is 583. The van der Waals surface area contributed by atoms with E-state index in [1.807, 2.05) is 4.90 Å². The number of hydrogen-bond donors (Lipinski definition) is 1. The number of fused-ring (bicyclic) bond motifs is 1. The summed E-state index contributed by atoms with van der Waals surface area (Å²) in [6, 6.07) is 6.51. The Labute approximate surface area is 116 Å². The van der Waals surface area contributed by atoms with Crippen LogP contribution in [0.4, 0.5) is 9.18 Å². The van der Waals surface area contributed by atoms with Gasteiger partial charge in [0.05, 0.1) is 17.7 Å². The van der Waals surface area contributed by atoms with Crippen molar-refractivity contribution < 1.29 is 9.18 Å². The molecule has 2 amide bonds. The zero-order valence-corrected chi connectivity index (χ0v) is 11.0. The Balaban J connectivity index is 1.72. The first-order valence-corrected chi connectivity index (χ1v) is 6.63. The number of carbonyl (C=O) groups is 1. The van der Waals surface area contributed by atoms with E-state index in [9.17, 15) is 9.18 Å². The van der Waals surface area contributed by atoms with Gasteiger partial charge in [-0.25, -0.2) is 9.18 Å². The molecule has 0 bridgehead atoms. The summed E-state index contributed by atoms with van der Waals surface area (Å²) >= 11 is 0. The molecule has 104 valence electrons. The van der Waals surface area contributed by atoms with Gasteiger partial charge in [0.15, 0.2) is 0 Å². The second-order valence-corrected chi connectivity index (χ2v) is 5.18. The number of nitrogens with zero attached hydrogens (tertiary/aromatic N) is 3. The Morgan fingerprint density at radius 2 is 2.30 bits per heavy atom. The number of amides is 2. The van der Waals surface area contributed by atoms with Gasteiger partial charge in [0.1, 0.15) is 5.82 Å². The van der Waals surface area contributed by atoms with Crippen molar-refractivity contribution in [1.82, 2.24) is 15.1 Å². The lowest BCUT2D eigenvalue weighted by atomic mass is 10.1. The summed E-state index contributed by atoms with van der Waals surface area (Å²) in [7, 11) is 0. The average molecular weight is 274 g/mol. The molecule has 1 aromatic rings. The molecule has 3 rings (SSSR count). The Kier molecular flexibility index (Phi) is 3.28. The number of rotatable bonds is 2. The number of nitriles is 1. The van der Waals surface area contributed by atoms with Crippen LogP contribution in [0.5, 0.6) is 0 Å². The fourth-order valence-electron chi connectivity index (χ4n) is 2.86. The van der Waals surface area contributed by atoms with Crippen LogP contribution in [-0.4, -0.2) is 48.1 Å². The number of carbonyl (C=O) groups excluding carboxylic acids is 1. The summed E-state index contributed by atoms with van der Waals surface area (Å²) < 4.78 is 13.3. The van der Waals surface area contributed by atoms with E-state index in [-0.39, 0.29) is 17.9 Å². The van der Waals surface area contributed by atoms with E-state index in [2.05, 4.69) is 16.3 Å². The standard InChI is InChI=1S/C14H15FN4O/c15-12-2-1-10(6-16)11(5-12)8-18-3-4-19-13(9-18)7-17-14(19)20/h1-2,5,13H,3-4,7-9H2,(H,17,20). The minimum Gasteiger partial charge on any atom is -0.336 e. The molecule has 5 nitrogen and oxygen atoms in total. The van der Waals surface area contributed by atoms with Gasteiger partial charge in [-0.05, 0) is 23.8 Å². The summed E-state index contributed by atoms with van der Waals surface area (Å²) in [4.78, 5) is 15.5. The van der Waals surface area contributed by atoms with Crippen molar-refractivity contribution in [2.24, 2.45) is 0 Å². The molecule has 6 heteroatoms. The number of benzene rings is 1. The largest absolute Gasteiger partial charge is 0.336 e. The van der Waals surface area contributed by atoms with Gasteiger partial charge in [0.25, 0.3) is 0 Å². The fraction of sp³-hybridized carbons (Fsp3) is 0.429. The quantitative estimate of drug-likeness (QED) is 0.872. The van der Waals surface area contributed by atoms with Gasteiger partial charge in [0.2, 0.25) is 0 Å². The molecular formula is C14H15FN4O. The van der Waals surface area contributed by atoms with Gasteiger partial charge in [0, 0.05) is 32.7 Å². The highest BCUT2D eigenvalue weighted by atomic mass is 19.1. The van der Waals surface area contributed by atoms with Crippen molar-refractivity contribution in [2.45, 2.75) is 12.6 Å². The first kappa shape index (κ1) is 12.9. The molecule has 0 aliphatic carbocycles. The second kappa shape index (κ2) is 5.10. The first-order valence-electron chi connectivity index (χ1n) is 6.63. The van der Waals surface area contributed by atoms with Crippen molar-refractivity contribution in [3.05, 3.63) is 35.1 Å². The van der Waals surface area contributed by atoms with Crippen LogP contribution in [0.15, 0.2) is 18.2 Å². The van der Waals surface area contributed by atoms with Crippen molar-refractivity contribution in [1.29, 1.82) is 5.26 Å². The van der Waals surface area contributed by atoms with Crippen LogP contribution in [0.1, 0.15) is 11.1 Å². The highest BCUT2D eigenvalue weighted by molar-refractivity contribution is 5.77. The van der Waals surface area contributed by atoms with Gasteiger partial charge < -0.3 is 10.2 Å². The molecule has 1 aromatic carbocycles. The van der Waals surface area contributed by atoms with Gasteiger partial charge in [-0.3, -0.25) is 4.90 Å². The van der Waals surface area contributed by atoms with E-state index in [1.54, 1.807) is 0 Å². The van der Waals surface area contributed by atoms with Crippen LogP contribution in [0, 0.1) is 17.1 Å². The predicted molar refractivity (Wildman–Crippen MR) is 70.3 cm³/mol. The first-order chi connectivity index (χ1) is 9.67. The lowest BCUT2D eigenvalue weighted by molar-refractivity contribution is 0.116. The zero-order valence-electron chi connectivity index (χ0n) is 11.0. The molecule has 2 aliphatic rings. The second-order valence-electron chi connectivity index (χ2n) is 5.18. The fourth-order valence-corrected chi connectivity index (χ4v) is 2.86. The van der Waals surface area contributed by atoms with Crippen LogP contribution >= 0.6 is 0 Å². The smallest absolute Gasteiger partial charge is 0.317 e. The van der Waals surface area contributed by atoms with Crippen molar-refractivity contribution in [2.75, 3.05) is 26.2 Å². The number of piperazine rings is 1. The van der Waals surface area contributed by atoms with E-state index in [1.165, 1.54) is 18.2 Å². The molecule has 1 unspecified atom stereocenters. The van der Waals surface area contributed by atoms with Gasteiger partial charge in [-0.2, -0.15) is 5.26 Å². The van der Waals surface area contributed by atoms with Crippen LogP contribution in [0.2, 0.25) is 0 Å². The van der Waals surface area contributed by atoms with Gasteiger partial charge in [-0.15, -0.1) is 0 Å². The Morgan fingerprint density at radius 1 is 1.45 bits per heavy atom.